The van der Waals surface area contributed by atoms with Crippen molar-refractivity contribution in [3.05, 3.63) is 42.7 Å². The number of aromatic nitrogens is 1. The molecule has 3 N–H and O–H groups in total. The summed E-state index contributed by atoms with van der Waals surface area (Å²) in [5, 5.41) is 0. The Morgan fingerprint density at radius 1 is 1.32 bits per heavy atom. The summed E-state index contributed by atoms with van der Waals surface area (Å²) in [6.45, 7) is 0. The summed E-state index contributed by atoms with van der Waals surface area (Å²) in [6, 6.07) is 8.59. The second-order valence-corrected chi connectivity index (χ2v) is 6.28. The number of hydrogen-bond donors (Lipinski definition) is 2. The molecule has 0 spiro atoms. The van der Waals surface area contributed by atoms with Gasteiger partial charge in [-0.1, -0.05) is 6.07 Å². The van der Waals surface area contributed by atoms with Gasteiger partial charge in [-0.15, -0.1) is 11.8 Å². The molecule has 0 saturated carbocycles. The van der Waals surface area contributed by atoms with Gasteiger partial charge in [0.25, 0.3) is 10.0 Å². The van der Waals surface area contributed by atoms with Crippen LogP contribution in [0, 0.1) is 0 Å². The van der Waals surface area contributed by atoms with E-state index in [1.165, 1.54) is 30.2 Å². The first-order valence-electron chi connectivity index (χ1n) is 5.39. The van der Waals surface area contributed by atoms with Gasteiger partial charge in [0.15, 0.2) is 0 Å². The van der Waals surface area contributed by atoms with Crippen LogP contribution in [-0.4, -0.2) is 19.7 Å². The third-order valence-electron chi connectivity index (χ3n) is 2.43. The van der Waals surface area contributed by atoms with Gasteiger partial charge in [0.2, 0.25) is 0 Å². The maximum atomic E-state index is 12.2. The summed E-state index contributed by atoms with van der Waals surface area (Å²) in [4.78, 5) is 4.73. The molecular formula is C12H13N3O2S2. The topological polar surface area (TPSA) is 85.1 Å². The first-order valence-corrected chi connectivity index (χ1v) is 8.10. The molecule has 1 aromatic heterocycles. The number of rotatable bonds is 4. The Balaban J connectivity index is 2.34. The number of benzene rings is 1. The van der Waals surface area contributed by atoms with Crippen molar-refractivity contribution in [2.75, 3.05) is 16.7 Å². The van der Waals surface area contributed by atoms with Crippen molar-refractivity contribution in [1.82, 2.24) is 4.98 Å². The van der Waals surface area contributed by atoms with Crippen LogP contribution in [0.3, 0.4) is 0 Å². The van der Waals surface area contributed by atoms with Crippen LogP contribution in [0.2, 0.25) is 0 Å². The zero-order chi connectivity index (χ0) is 13.9. The average molecular weight is 295 g/mol. The standard InChI is InChI=1S/C12H13N3O2S2/c1-18-10-4-2-3-9(7-10)15-19(16,17)12-8-14-6-5-11(12)13/h2-8,15H,1H3,(H2,13,14). The van der Waals surface area contributed by atoms with E-state index in [1.807, 2.05) is 12.3 Å². The van der Waals surface area contributed by atoms with Crippen LogP contribution in [-0.2, 0) is 10.0 Å². The SMILES string of the molecule is CSc1cccc(NS(=O)(=O)c2cnccc2N)c1. The quantitative estimate of drug-likeness (QED) is 0.845. The lowest BCUT2D eigenvalue weighted by atomic mass is 10.3. The fourth-order valence-electron chi connectivity index (χ4n) is 1.51. The summed E-state index contributed by atoms with van der Waals surface area (Å²) in [5.41, 5.74) is 6.32. The molecule has 100 valence electrons. The molecule has 0 atom stereocenters. The summed E-state index contributed by atoms with van der Waals surface area (Å²) < 4.78 is 26.9. The van der Waals surface area contributed by atoms with E-state index in [-0.39, 0.29) is 10.6 Å². The summed E-state index contributed by atoms with van der Waals surface area (Å²) in [7, 11) is -3.72. The molecule has 2 aromatic rings. The van der Waals surface area contributed by atoms with Crippen molar-refractivity contribution >= 4 is 33.2 Å². The zero-order valence-electron chi connectivity index (χ0n) is 10.2. The van der Waals surface area contributed by atoms with Crippen molar-refractivity contribution in [3.8, 4) is 0 Å². The number of thioether (sulfide) groups is 1. The first kappa shape index (κ1) is 13.7. The van der Waals surface area contributed by atoms with Crippen LogP contribution in [0.1, 0.15) is 0 Å². The van der Waals surface area contributed by atoms with E-state index in [1.54, 1.807) is 18.2 Å². The highest BCUT2D eigenvalue weighted by Crippen LogP contribution is 2.23. The monoisotopic (exact) mass is 295 g/mol. The third-order valence-corrected chi connectivity index (χ3v) is 4.58. The lowest BCUT2D eigenvalue weighted by molar-refractivity contribution is 0.601. The molecule has 5 nitrogen and oxygen atoms in total. The number of nitrogen functional groups attached to an aromatic ring is 1. The molecule has 7 heteroatoms. The molecule has 0 aliphatic carbocycles. The van der Waals surface area contributed by atoms with E-state index in [0.29, 0.717) is 5.69 Å². The van der Waals surface area contributed by atoms with Gasteiger partial charge in [-0.3, -0.25) is 9.71 Å². The van der Waals surface area contributed by atoms with Crippen molar-refractivity contribution in [1.29, 1.82) is 0 Å². The molecule has 1 aromatic carbocycles. The number of pyridine rings is 1. The summed E-state index contributed by atoms with van der Waals surface area (Å²) in [6.07, 6.45) is 4.60. The Morgan fingerprint density at radius 2 is 2.11 bits per heavy atom. The molecule has 0 unspecified atom stereocenters. The molecule has 0 radical (unpaired) electrons. The number of hydrogen-bond acceptors (Lipinski definition) is 5. The van der Waals surface area contributed by atoms with E-state index in [4.69, 9.17) is 5.73 Å². The van der Waals surface area contributed by atoms with Crippen LogP contribution in [0.4, 0.5) is 11.4 Å². The Bertz CT molecular complexity index is 687. The highest BCUT2D eigenvalue weighted by atomic mass is 32.2. The normalized spacial score (nSPS) is 11.2. The molecule has 19 heavy (non-hydrogen) atoms. The van der Waals surface area contributed by atoms with E-state index < -0.39 is 10.0 Å². The second kappa shape index (κ2) is 5.50. The van der Waals surface area contributed by atoms with Gasteiger partial charge in [0.1, 0.15) is 4.90 Å². The third kappa shape index (κ3) is 3.18. The van der Waals surface area contributed by atoms with E-state index >= 15 is 0 Å². The fraction of sp³-hybridized carbons (Fsp3) is 0.0833. The molecule has 0 aliphatic rings. The smallest absolute Gasteiger partial charge is 0.265 e. The van der Waals surface area contributed by atoms with Gasteiger partial charge >= 0.3 is 0 Å². The van der Waals surface area contributed by atoms with Gasteiger partial charge in [0, 0.05) is 23.0 Å². The minimum Gasteiger partial charge on any atom is -0.398 e. The minimum absolute atomic E-state index is 0.0236. The van der Waals surface area contributed by atoms with E-state index in [9.17, 15) is 8.42 Å². The Labute approximate surface area is 116 Å². The highest BCUT2D eigenvalue weighted by Gasteiger charge is 2.17. The fourth-order valence-corrected chi connectivity index (χ4v) is 3.10. The zero-order valence-corrected chi connectivity index (χ0v) is 11.8. The summed E-state index contributed by atoms with van der Waals surface area (Å²) >= 11 is 1.54. The predicted octanol–water partition coefficient (Wildman–Crippen LogP) is 2.19. The van der Waals surface area contributed by atoms with Crippen LogP contribution >= 0.6 is 11.8 Å². The maximum Gasteiger partial charge on any atom is 0.265 e. The molecule has 1 heterocycles. The number of nitrogens with zero attached hydrogens (tertiary/aromatic N) is 1. The Kier molecular flexibility index (Phi) is 3.96. The van der Waals surface area contributed by atoms with Crippen molar-refractivity contribution in [2.45, 2.75) is 9.79 Å². The predicted molar refractivity (Wildman–Crippen MR) is 77.7 cm³/mol. The Hall–Kier alpha value is -1.73. The summed E-state index contributed by atoms with van der Waals surface area (Å²) in [5.74, 6) is 0. The van der Waals surface area contributed by atoms with Crippen LogP contribution < -0.4 is 10.5 Å². The van der Waals surface area contributed by atoms with Crippen LogP contribution in [0.5, 0.6) is 0 Å². The van der Waals surface area contributed by atoms with Crippen LogP contribution in [0.25, 0.3) is 0 Å². The average Bonchev–Trinajstić information content (AvgIpc) is 2.38. The molecule has 0 fully saturated rings. The van der Waals surface area contributed by atoms with Gasteiger partial charge < -0.3 is 5.73 Å². The lowest BCUT2D eigenvalue weighted by Gasteiger charge is -2.10. The number of sulfonamides is 1. The molecular weight excluding hydrogens is 282 g/mol. The van der Waals surface area contributed by atoms with Gasteiger partial charge in [-0.25, -0.2) is 8.42 Å². The lowest BCUT2D eigenvalue weighted by Crippen LogP contribution is -2.15. The molecule has 2 rings (SSSR count). The van der Waals surface area contributed by atoms with Gasteiger partial charge in [-0.05, 0) is 30.5 Å². The minimum atomic E-state index is -3.72. The molecule has 0 saturated heterocycles. The van der Waals surface area contributed by atoms with E-state index in [2.05, 4.69) is 9.71 Å². The maximum absolute atomic E-state index is 12.2. The number of anilines is 2. The van der Waals surface area contributed by atoms with Crippen LogP contribution in [0.15, 0.2) is 52.5 Å². The number of nitrogens with one attached hydrogen (secondary N) is 1. The highest BCUT2D eigenvalue weighted by molar-refractivity contribution is 7.98. The van der Waals surface area contributed by atoms with Gasteiger partial charge in [0.05, 0.1) is 5.69 Å². The van der Waals surface area contributed by atoms with Crippen molar-refractivity contribution < 1.29 is 8.42 Å². The van der Waals surface area contributed by atoms with Gasteiger partial charge in [-0.2, -0.15) is 0 Å². The largest absolute Gasteiger partial charge is 0.398 e. The molecule has 0 amide bonds. The second-order valence-electron chi connectivity index (χ2n) is 3.75. The number of nitrogens with two attached hydrogens (primary N) is 1. The van der Waals surface area contributed by atoms with Crippen molar-refractivity contribution in [3.63, 3.8) is 0 Å². The molecule has 0 bridgehead atoms. The molecule has 0 aliphatic heterocycles. The van der Waals surface area contributed by atoms with E-state index in [0.717, 1.165) is 4.90 Å². The first-order chi connectivity index (χ1) is 9.03. The Morgan fingerprint density at radius 3 is 2.79 bits per heavy atom. The van der Waals surface area contributed by atoms with Crippen molar-refractivity contribution in [2.24, 2.45) is 0 Å².